The van der Waals surface area contributed by atoms with Gasteiger partial charge in [-0.15, -0.1) is 0 Å². The van der Waals surface area contributed by atoms with Crippen molar-refractivity contribution >= 4 is 5.91 Å². The highest BCUT2D eigenvalue weighted by atomic mass is 19.1. The molecule has 0 saturated carbocycles. The highest BCUT2D eigenvalue weighted by Crippen LogP contribution is 2.26. The largest absolute Gasteiger partial charge is 0.340 e. The number of hydrogen-bond acceptors (Lipinski definition) is 3. The Bertz CT molecular complexity index is 1160. The first-order valence-electron chi connectivity index (χ1n) is 12.5. The maximum Gasteiger partial charge on any atom is 0.270 e. The molecule has 190 valence electrons. The van der Waals surface area contributed by atoms with E-state index < -0.39 is 11.6 Å². The van der Waals surface area contributed by atoms with Crippen molar-refractivity contribution < 1.29 is 18.0 Å². The summed E-state index contributed by atoms with van der Waals surface area (Å²) in [7, 11) is 0. The second kappa shape index (κ2) is 10.9. The SMILES string of the molecule is O=C(c1cccn1C1CCN(Cc2cc(F)cc(F)c2)CC1)N1CCN(Cc2ccc(F)cc2)CC1. The summed E-state index contributed by atoms with van der Waals surface area (Å²) in [5.41, 5.74) is 2.42. The number of carbonyl (C=O) groups is 1. The Morgan fingerprint density at radius 3 is 2.00 bits per heavy atom. The molecule has 2 aliphatic rings. The molecule has 2 saturated heterocycles. The van der Waals surface area contributed by atoms with Gasteiger partial charge in [0, 0.05) is 70.7 Å². The molecule has 5 rings (SSSR count). The molecule has 36 heavy (non-hydrogen) atoms. The summed E-state index contributed by atoms with van der Waals surface area (Å²) in [5.74, 6) is -1.28. The normalized spacial score (nSPS) is 18.0. The Kier molecular flexibility index (Phi) is 7.43. The molecule has 0 bridgehead atoms. The van der Waals surface area contributed by atoms with E-state index in [4.69, 9.17) is 0 Å². The van der Waals surface area contributed by atoms with Crippen LogP contribution < -0.4 is 0 Å². The first kappa shape index (κ1) is 24.6. The number of halogens is 3. The zero-order chi connectivity index (χ0) is 25.1. The summed E-state index contributed by atoms with van der Waals surface area (Å²) in [6.07, 6.45) is 3.73. The summed E-state index contributed by atoms with van der Waals surface area (Å²) in [6, 6.07) is 14.3. The number of aromatic nitrogens is 1. The van der Waals surface area contributed by atoms with Gasteiger partial charge >= 0.3 is 0 Å². The van der Waals surface area contributed by atoms with Gasteiger partial charge in [0.2, 0.25) is 0 Å². The fourth-order valence-electron chi connectivity index (χ4n) is 5.33. The number of piperazine rings is 1. The molecule has 0 unspecified atom stereocenters. The lowest BCUT2D eigenvalue weighted by Crippen LogP contribution is -2.48. The molecular formula is C28H31F3N4O. The number of amides is 1. The molecular weight excluding hydrogens is 465 g/mol. The number of hydrogen-bond donors (Lipinski definition) is 0. The van der Waals surface area contributed by atoms with Crippen molar-refractivity contribution in [2.75, 3.05) is 39.3 Å². The lowest BCUT2D eigenvalue weighted by atomic mass is 10.0. The van der Waals surface area contributed by atoms with Gasteiger partial charge in [-0.3, -0.25) is 14.6 Å². The van der Waals surface area contributed by atoms with Gasteiger partial charge in [-0.25, -0.2) is 13.2 Å². The number of piperidine rings is 1. The number of nitrogens with zero attached hydrogens (tertiary/aromatic N) is 4. The Morgan fingerprint density at radius 1 is 0.722 bits per heavy atom. The van der Waals surface area contributed by atoms with Crippen LogP contribution in [0.15, 0.2) is 60.8 Å². The first-order valence-corrected chi connectivity index (χ1v) is 12.5. The topological polar surface area (TPSA) is 31.7 Å². The second-order valence-electron chi connectivity index (χ2n) is 9.78. The predicted molar refractivity (Wildman–Crippen MR) is 132 cm³/mol. The van der Waals surface area contributed by atoms with E-state index in [-0.39, 0.29) is 17.8 Å². The molecule has 0 N–H and O–H groups in total. The third-order valence-electron chi connectivity index (χ3n) is 7.26. The highest BCUT2D eigenvalue weighted by Gasteiger charge is 2.27. The molecule has 0 radical (unpaired) electrons. The van der Waals surface area contributed by atoms with Gasteiger partial charge in [0.25, 0.3) is 5.91 Å². The van der Waals surface area contributed by atoms with Crippen LogP contribution in [0, 0.1) is 17.5 Å². The zero-order valence-electron chi connectivity index (χ0n) is 20.3. The molecule has 1 amide bonds. The number of carbonyl (C=O) groups excluding carboxylic acids is 1. The molecule has 0 aliphatic carbocycles. The van der Waals surface area contributed by atoms with Crippen LogP contribution in [0.5, 0.6) is 0 Å². The van der Waals surface area contributed by atoms with Gasteiger partial charge in [0.1, 0.15) is 23.1 Å². The maximum absolute atomic E-state index is 13.5. The van der Waals surface area contributed by atoms with Crippen LogP contribution in [0.25, 0.3) is 0 Å². The van der Waals surface area contributed by atoms with Crippen molar-refractivity contribution in [3.63, 3.8) is 0 Å². The molecule has 3 heterocycles. The smallest absolute Gasteiger partial charge is 0.270 e. The van der Waals surface area contributed by atoms with Crippen LogP contribution in [-0.2, 0) is 13.1 Å². The number of benzene rings is 2. The van der Waals surface area contributed by atoms with Crippen molar-refractivity contribution in [1.82, 2.24) is 19.3 Å². The van der Waals surface area contributed by atoms with Crippen LogP contribution in [0.3, 0.4) is 0 Å². The monoisotopic (exact) mass is 496 g/mol. The minimum absolute atomic E-state index is 0.0547. The second-order valence-corrected chi connectivity index (χ2v) is 9.78. The van der Waals surface area contributed by atoms with Crippen LogP contribution in [-0.4, -0.2) is 64.4 Å². The van der Waals surface area contributed by atoms with Crippen LogP contribution in [0.2, 0.25) is 0 Å². The fourth-order valence-corrected chi connectivity index (χ4v) is 5.33. The highest BCUT2D eigenvalue weighted by molar-refractivity contribution is 5.93. The van der Waals surface area contributed by atoms with E-state index in [0.29, 0.717) is 30.9 Å². The molecule has 0 spiro atoms. The van der Waals surface area contributed by atoms with E-state index in [0.717, 1.165) is 57.2 Å². The molecule has 1 aromatic heterocycles. The van der Waals surface area contributed by atoms with Crippen molar-refractivity contribution in [2.24, 2.45) is 0 Å². The average molecular weight is 497 g/mol. The standard InChI is InChI=1S/C28H31F3N4O/c29-23-5-3-21(4-6-23)19-33-12-14-34(15-13-33)28(36)27-2-1-9-35(27)26-7-10-32(11-8-26)20-22-16-24(30)18-25(31)17-22/h1-6,9,16-18,26H,7-8,10-15,19-20H2. The molecule has 5 nitrogen and oxygen atoms in total. The summed E-state index contributed by atoms with van der Waals surface area (Å²) >= 11 is 0. The van der Waals surface area contributed by atoms with Crippen LogP contribution >= 0.6 is 0 Å². The first-order chi connectivity index (χ1) is 17.4. The Balaban J connectivity index is 1.14. The van der Waals surface area contributed by atoms with Gasteiger partial charge < -0.3 is 9.47 Å². The number of likely N-dealkylation sites (tertiary alicyclic amines) is 1. The molecule has 8 heteroatoms. The zero-order valence-corrected chi connectivity index (χ0v) is 20.3. The molecule has 0 atom stereocenters. The third kappa shape index (κ3) is 5.82. The third-order valence-corrected chi connectivity index (χ3v) is 7.26. The van der Waals surface area contributed by atoms with E-state index >= 15 is 0 Å². The van der Waals surface area contributed by atoms with E-state index in [1.54, 1.807) is 0 Å². The Labute approximate surface area is 209 Å². The predicted octanol–water partition coefficient (Wildman–Crippen LogP) is 4.70. The fraction of sp³-hybridized carbons (Fsp3) is 0.393. The Hall–Kier alpha value is -3.10. The lowest BCUT2D eigenvalue weighted by Gasteiger charge is -2.36. The summed E-state index contributed by atoms with van der Waals surface area (Å²) in [6.45, 7) is 5.75. The van der Waals surface area contributed by atoms with Gasteiger partial charge in [-0.1, -0.05) is 12.1 Å². The lowest BCUT2D eigenvalue weighted by molar-refractivity contribution is 0.0612. The van der Waals surface area contributed by atoms with Crippen LogP contribution in [0.4, 0.5) is 13.2 Å². The molecule has 2 aliphatic heterocycles. The van der Waals surface area contributed by atoms with E-state index in [1.165, 1.54) is 24.3 Å². The Morgan fingerprint density at radius 2 is 1.33 bits per heavy atom. The molecule has 3 aromatic rings. The minimum atomic E-state index is -0.549. The quantitative estimate of drug-likeness (QED) is 0.496. The summed E-state index contributed by atoms with van der Waals surface area (Å²) < 4.78 is 42.3. The minimum Gasteiger partial charge on any atom is -0.340 e. The molecule has 2 aromatic carbocycles. The van der Waals surface area contributed by atoms with Gasteiger partial charge in [-0.2, -0.15) is 0 Å². The maximum atomic E-state index is 13.5. The van der Waals surface area contributed by atoms with Crippen molar-refractivity contribution in [2.45, 2.75) is 32.0 Å². The van der Waals surface area contributed by atoms with E-state index in [2.05, 4.69) is 14.4 Å². The summed E-state index contributed by atoms with van der Waals surface area (Å²) in [5, 5.41) is 0. The average Bonchev–Trinajstić information content (AvgIpc) is 3.35. The van der Waals surface area contributed by atoms with Gasteiger partial charge in [-0.05, 0) is 60.4 Å². The van der Waals surface area contributed by atoms with Crippen molar-refractivity contribution in [3.05, 3.63) is 95.1 Å². The molecule has 2 fully saturated rings. The van der Waals surface area contributed by atoms with Gasteiger partial charge in [0.05, 0.1) is 0 Å². The van der Waals surface area contributed by atoms with E-state index in [1.807, 2.05) is 35.4 Å². The van der Waals surface area contributed by atoms with E-state index in [9.17, 15) is 18.0 Å². The van der Waals surface area contributed by atoms with Crippen LogP contribution in [0.1, 0.15) is 40.5 Å². The van der Waals surface area contributed by atoms with Crippen molar-refractivity contribution in [1.29, 1.82) is 0 Å². The van der Waals surface area contributed by atoms with Crippen molar-refractivity contribution in [3.8, 4) is 0 Å². The summed E-state index contributed by atoms with van der Waals surface area (Å²) in [4.78, 5) is 19.8. The van der Waals surface area contributed by atoms with Gasteiger partial charge in [0.15, 0.2) is 0 Å². The number of rotatable bonds is 6.